The highest BCUT2D eigenvalue weighted by molar-refractivity contribution is 5.93. The van der Waals surface area contributed by atoms with Crippen LogP contribution in [0.15, 0.2) is 40.2 Å². The third kappa shape index (κ3) is 3.91. The lowest BCUT2D eigenvalue weighted by Crippen LogP contribution is -2.45. The van der Waals surface area contributed by atoms with E-state index in [-0.39, 0.29) is 17.5 Å². The van der Waals surface area contributed by atoms with E-state index in [2.05, 4.69) is 15.3 Å². The van der Waals surface area contributed by atoms with Gasteiger partial charge in [0, 0.05) is 25.5 Å². The van der Waals surface area contributed by atoms with Crippen molar-refractivity contribution in [3.63, 3.8) is 0 Å². The molecule has 3 heterocycles. The summed E-state index contributed by atoms with van der Waals surface area (Å²) >= 11 is 0. The largest absolute Gasteiger partial charge is 0.329 e. The van der Waals surface area contributed by atoms with Gasteiger partial charge in [-0.05, 0) is 44.5 Å². The second-order valence-corrected chi connectivity index (χ2v) is 6.46. The normalized spacial score (nSPS) is 17.5. The first-order valence-corrected chi connectivity index (χ1v) is 8.78. The molecule has 2 aromatic heterocycles. The van der Waals surface area contributed by atoms with Crippen molar-refractivity contribution in [2.75, 3.05) is 13.1 Å². The molecule has 2 N–H and O–H groups in total. The van der Waals surface area contributed by atoms with Crippen molar-refractivity contribution in [3.05, 3.63) is 62.7 Å². The number of pyridine rings is 1. The van der Waals surface area contributed by atoms with Gasteiger partial charge in [0.05, 0.1) is 12.2 Å². The summed E-state index contributed by atoms with van der Waals surface area (Å²) in [7, 11) is 1.36. The quantitative estimate of drug-likeness (QED) is 0.817. The van der Waals surface area contributed by atoms with Crippen LogP contribution in [-0.4, -0.2) is 44.5 Å². The Kier molecular flexibility index (Phi) is 5.62. The minimum absolute atomic E-state index is 0.0103. The first-order chi connectivity index (χ1) is 12.6. The fraction of sp³-hybridized carbons (Fsp3) is 0.444. The molecular weight excluding hydrogens is 334 g/mol. The number of carbonyl (C=O) groups excluding carboxylic acids is 1. The molecule has 0 radical (unpaired) electrons. The Bertz CT molecular complexity index is 866. The van der Waals surface area contributed by atoms with E-state index >= 15 is 0 Å². The van der Waals surface area contributed by atoms with Gasteiger partial charge >= 0.3 is 5.69 Å². The number of hydrogen-bond donors (Lipinski definition) is 2. The molecule has 3 rings (SSSR count). The molecule has 8 nitrogen and oxygen atoms in total. The maximum absolute atomic E-state index is 13.2. The van der Waals surface area contributed by atoms with Crippen molar-refractivity contribution in [1.82, 2.24) is 24.8 Å². The first kappa shape index (κ1) is 18.1. The van der Waals surface area contributed by atoms with Crippen molar-refractivity contribution >= 4 is 5.91 Å². The van der Waals surface area contributed by atoms with E-state index in [4.69, 9.17) is 0 Å². The van der Waals surface area contributed by atoms with Crippen LogP contribution in [-0.2, 0) is 13.6 Å². The molecular formula is C18H23N5O3. The Balaban J connectivity index is 1.96. The topological polar surface area (TPSA) is 100 Å². The monoisotopic (exact) mass is 357 g/mol. The molecule has 1 aliphatic rings. The minimum atomic E-state index is -0.587. The predicted octanol–water partition coefficient (Wildman–Crippen LogP) is 0.253. The highest BCUT2D eigenvalue weighted by Crippen LogP contribution is 2.18. The van der Waals surface area contributed by atoms with Crippen molar-refractivity contribution in [3.8, 4) is 0 Å². The van der Waals surface area contributed by atoms with Crippen LogP contribution in [0.2, 0.25) is 0 Å². The molecule has 1 fully saturated rings. The van der Waals surface area contributed by atoms with Gasteiger partial charge in [-0.3, -0.25) is 19.1 Å². The smallest absolute Gasteiger partial charge is 0.328 e. The molecule has 8 heteroatoms. The zero-order valence-electron chi connectivity index (χ0n) is 14.8. The first-order valence-electron chi connectivity index (χ1n) is 8.78. The molecule has 1 unspecified atom stereocenters. The number of H-pyrrole nitrogens is 1. The fourth-order valence-electron chi connectivity index (χ4n) is 3.22. The van der Waals surface area contributed by atoms with Crippen LogP contribution in [0.25, 0.3) is 0 Å². The molecule has 0 spiro atoms. The van der Waals surface area contributed by atoms with E-state index in [0.29, 0.717) is 6.54 Å². The van der Waals surface area contributed by atoms with E-state index in [1.54, 1.807) is 11.1 Å². The molecule has 0 aliphatic carbocycles. The van der Waals surface area contributed by atoms with Crippen LogP contribution in [0.1, 0.15) is 35.3 Å². The van der Waals surface area contributed by atoms with Gasteiger partial charge in [-0.15, -0.1) is 0 Å². The van der Waals surface area contributed by atoms with Crippen LogP contribution in [0.3, 0.4) is 0 Å². The second-order valence-electron chi connectivity index (χ2n) is 6.46. The zero-order chi connectivity index (χ0) is 18.5. The SMILES string of the molecule is Cn1c(=O)[nH]cc(C(=O)N(Cc2ccccn2)C2CCCNCC2)c1=O. The van der Waals surface area contributed by atoms with Crippen LogP contribution < -0.4 is 16.6 Å². The zero-order valence-corrected chi connectivity index (χ0v) is 14.8. The number of nitrogens with zero attached hydrogens (tertiary/aromatic N) is 3. The standard InChI is InChI=1S/C18H23N5O3/c1-22-16(24)15(11-21-18(22)26)17(25)23(12-13-5-2-3-9-20-13)14-6-4-8-19-10-7-14/h2-3,5,9,11,14,19H,4,6-8,10,12H2,1H3,(H,21,26). The van der Waals surface area contributed by atoms with E-state index in [1.807, 2.05) is 18.2 Å². The number of carbonyl (C=O) groups is 1. The summed E-state index contributed by atoms with van der Waals surface area (Å²) in [5, 5.41) is 3.34. The summed E-state index contributed by atoms with van der Waals surface area (Å²) in [6.07, 6.45) is 5.52. The predicted molar refractivity (Wildman–Crippen MR) is 96.9 cm³/mol. The molecule has 0 bridgehead atoms. The molecule has 1 amide bonds. The Morgan fingerprint density at radius 3 is 2.92 bits per heavy atom. The van der Waals surface area contributed by atoms with E-state index in [1.165, 1.54) is 13.2 Å². The molecule has 1 atom stereocenters. The lowest BCUT2D eigenvalue weighted by molar-refractivity contribution is 0.0639. The summed E-state index contributed by atoms with van der Waals surface area (Å²) in [6, 6.07) is 5.57. The summed E-state index contributed by atoms with van der Waals surface area (Å²) in [4.78, 5) is 45.7. The maximum Gasteiger partial charge on any atom is 0.328 e. The minimum Gasteiger partial charge on any atom is -0.329 e. The third-order valence-corrected chi connectivity index (χ3v) is 4.72. The highest BCUT2D eigenvalue weighted by Gasteiger charge is 2.28. The van der Waals surface area contributed by atoms with Gasteiger partial charge in [0.2, 0.25) is 0 Å². The molecule has 0 aromatic carbocycles. The van der Waals surface area contributed by atoms with Gasteiger partial charge in [0.15, 0.2) is 0 Å². The number of amides is 1. The summed E-state index contributed by atoms with van der Waals surface area (Å²) < 4.78 is 0.917. The summed E-state index contributed by atoms with van der Waals surface area (Å²) in [5.74, 6) is -0.376. The Hall–Kier alpha value is -2.74. The lowest BCUT2D eigenvalue weighted by atomic mass is 10.1. The van der Waals surface area contributed by atoms with E-state index in [9.17, 15) is 14.4 Å². The van der Waals surface area contributed by atoms with Gasteiger partial charge < -0.3 is 15.2 Å². The Morgan fingerprint density at radius 2 is 2.15 bits per heavy atom. The Morgan fingerprint density at radius 1 is 1.31 bits per heavy atom. The summed E-state index contributed by atoms with van der Waals surface area (Å²) in [5.41, 5.74) is -0.391. The molecule has 26 heavy (non-hydrogen) atoms. The molecule has 2 aromatic rings. The number of aromatic nitrogens is 3. The lowest BCUT2D eigenvalue weighted by Gasteiger charge is -2.31. The number of nitrogens with one attached hydrogen (secondary N) is 2. The number of rotatable bonds is 4. The van der Waals surface area contributed by atoms with Crippen LogP contribution in [0.4, 0.5) is 0 Å². The summed E-state index contributed by atoms with van der Waals surface area (Å²) in [6.45, 7) is 2.06. The van der Waals surface area contributed by atoms with Crippen molar-refractivity contribution in [2.24, 2.45) is 7.05 Å². The molecule has 0 saturated carbocycles. The van der Waals surface area contributed by atoms with Crippen molar-refractivity contribution in [2.45, 2.75) is 31.8 Å². The number of aromatic amines is 1. The molecule has 1 saturated heterocycles. The van der Waals surface area contributed by atoms with Gasteiger partial charge in [-0.25, -0.2) is 4.79 Å². The molecule has 138 valence electrons. The maximum atomic E-state index is 13.2. The second kappa shape index (κ2) is 8.09. The van der Waals surface area contributed by atoms with Crippen molar-refractivity contribution in [1.29, 1.82) is 0 Å². The van der Waals surface area contributed by atoms with Gasteiger partial charge in [-0.2, -0.15) is 0 Å². The van der Waals surface area contributed by atoms with E-state index in [0.717, 1.165) is 42.6 Å². The van der Waals surface area contributed by atoms with Gasteiger partial charge in [0.1, 0.15) is 5.56 Å². The average molecular weight is 357 g/mol. The van der Waals surface area contributed by atoms with Crippen molar-refractivity contribution < 1.29 is 4.79 Å². The molecule has 1 aliphatic heterocycles. The van der Waals surface area contributed by atoms with Gasteiger partial charge in [0.25, 0.3) is 11.5 Å². The highest BCUT2D eigenvalue weighted by atomic mass is 16.2. The Labute approximate surface area is 150 Å². The van der Waals surface area contributed by atoms with Crippen LogP contribution in [0, 0.1) is 0 Å². The average Bonchev–Trinajstić information content (AvgIpc) is 2.94. The fourth-order valence-corrected chi connectivity index (χ4v) is 3.22. The van der Waals surface area contributed by atoms with Gasteiger partial charge in [-0.1, -0.05) is 6.07 Å². The van der Waals surface area contributed by atoms with E-state index < -0.39 is 11.2 Å². The van der Waals surface area contributed by atoms with Crippen LogP contribution in [0.5, 0.6) is 0 Å². The third-order valence-electron chi connectivity index (χ3n) is 4.72. The van der Waals surface area contributed by atoms with Crippen LogP contribution >= 0.6 is 0 Å². The number of hydrogen-bond acceptors (Lipinski definition) is 5.